The Bertz CT molecular complexity index is 1550. The van der Waals surface area contributed by atoms with Crippen LogP contribution in [0.2, 0.25) is 0 Å². The molecule has 2 aliphatic heterocycles. The fraction of sp³-hybridized carbons (Fsp3) is 0.448. The third-order valence-electron chi connectivity index (χ3n) is 7.83. The zero-order chi connectivity index (χ0) is 28.4. The summed E-state index contributed by atoms with van der Waals surface area (Å²) in [4.78, 5) is 0.508. The second-order valence-electron chi connectivity index (χ2n) is 10.6. The van der Waals surface area contributed by atoms with Crippen LogP contribution in [0.5, 0.6) is 5.75 Å². The number of nitrogens with one attached hydrogen (secondary N) is 1. The van der Waals surface area contributed by atoms with Crippen molar-refractivity contribution < 1.29 is 31.4 Å². The number of aliphatic hydroxyl groups excluding tert-OH is 1. The minimum atomic E-state index is -3.59. The standard InChI is InChI=1S/C29H36N2O7S2/c1-2-39(33,34)27-9-5-8-26(17-27)37-21-25(32)19-30-24-18-29(38-20-24)12-14-31(15-13-29)40(35,36)28-11-10-22-6-3-4-7-23(22)16-28/h3-11,16-17,24-25,30,32H,2,12-15,18-21H2,1H3. The van der Waals surface area contributed by atoms with Gasteiger partial charge in [-0.1, -0.05) is 43.3 Å². The van der Waals surface area contributed by atoms with E-state index in [-0.39, 0.29) is 28.9 Å². The van der Waals surface area contributed by atoms with Gasteiger partial charge in [0.2, 0.25) is 10.0 Å². The lowest BCUT2D eigenvalue weighted by Crippen LogP contribution is -2.47. The summed E-state index contributed by atoms with van der Waals surface area (Å²) in [6.07, 6.45) is 1.17. The first-order chi connectivity index (χ1) is 19.1. The lowest BCUT2D eigenvalue weighted by atomic mass is 9.88. The van der Waals surface area contributed by atoms with Crippen LogP contribution < -0.4 is 10.1 Å². The monoisotopic (exact) mass is 588 g/mol. The number of sulfonamides is 1. The summed E-state index contributed by atoms with van der Waals surface area (Å²) in [6.45, 7) is 3.17. The predicted octanol–water partition coefficient (Wildman–Crippen LogP) is 2.98. The van der Waals surface area contributed by atoms with Gasteiger partial charge in [-0.3, -0.25) is 0 Å². The summed E-state index contributed by atoms with van der Waals surface area (Å²) < 4.78 is 64.2. The molecule has 9 nitrogen and oxygen atoms in total. The summed E-state index contributed by atoms with van der Waals surface area (Å²) in [5, 5.41) is 15.7. The van der Waals surface area contributed by atoms with Gasteiger partial charge in [0.05, 0.1) is 27.8 Å². The molecule has 0 amide bonds. The smallest absolute Gasteiger partial charge is 0.243 e. The highest BCUT2D eigenvalue weighted by atomic mass is 32.2. The minimum Gasteiger partial charge on any atom is -0.491 e. The van der Waals surface area contributed by atoms with E-state index in [2.05, 4.69) is 5.32 Å². The molecule has 2 saturated heterocycles. The largest absolute Gasteiger partial charge is 0.491 e. The average molecular weight is 589 g/mol. The molecule has 0 bridgehead atoms. The zero-order valence-corrected chi connectivity index (χ0v) is 24.2. The van der Waals surface area contributed by atoms with Crippen molar-refractivity contribution in [2.45, 2.75) is 53.7 Å². The van der Waals surface area contributed by atoms with Crippen molar-refractivity contribution >= 4 is 30.6 Å². The topological polar surface area (TPSA) is 122 Å². The van der Waals surface area contributed by atoms with Crippen LogP contribution in [0.4, 0.5) is 0 Å². The molecule has 11 heteroatoms. The number of rotatable bonds is 10. The molecule has 0 aromatic heterocycles. The number of benzene rings is 3. The quantitative estimate of drug-likeness (QED) is 0.371. The maximum atomic E-state index is 13.3. The van der Waals surface area contributed by atoms with Crippen molar-refractivity contribution in [3.8, 4) is 5.75 Å². The van der Waals surface area contributed by atoms with Crippen molar-refractivity contribution in [1.29, 1.82) is 0 Å². The number of ether oxygens (including phenoxy) is 2. The highest BCUT2D eigenvalue weighted by Crippen LogP contribution is 2.37. The number of fused-ring (bicyclic) bond motifs is 1. The third-order valence-corrected chi connectivity index (χ3v) is 11.5. The second kappa shape index (κ2) is 11.8. The number of aliphatic hydroxyl groups is 1. The number of hydrogen-bond donors (Lipinski definition) is 2. The van der Waals surface area contributed by atoms with Gasteiger partial charge in [0.25, 0.3) is 0 Å². The summed E-state index contributed by atoms with van der Waals surface area (Å²) in [6, 6.07) is 19.3. The SMILES string of the molecule is CCS(=O)(=O)c1cccc(OCC(O)CNC2COC3(CCN(S(=O)(=O)c4ccc5ccccc5c4)CC3)C2)c1. The summed E-state index contributed by atoms with van der Waals surface area (Å²) in [7, 11) is -6.93. The zero-order valence-electron chi connectivity index (χ0n) is 22.5. The summed E-state index contributed by atoms with van der Waals surface area (Å²) >= 11 is 0. The lowest BCUT2D eigenvalue weighted by Gasteiger charge is -2.38. The van der Waals surface area contributed by atoms with Crippen LogP contribution in [-0.4, -0.2) is 82.6 Å². The second-order valence-corrected chi connectivity index (χ2v) is 14.8. The van der Waals surface area contributed by atoms with E-state index in [4.69, 9.17) is 9.47 Å². The molecule has 0 saturated carbocycles. The fourth-order valence-corrected chi connectivity index (χ4v) is 7.81. The van der Waals surface area contributed by atoms with Crippen LogP contribution in [0.25, 0.3) is 10.8 Å². The van der Waals surface area contributed by atoms with E-state index in [9.17, 15) is 21.9 Å². The van der Waals surface area contributed by atoms with Crippen molar-refractivity contribution in [1.82, 2.24) is 9.62 Å². The van der Waals surface area contributed by atoms with Crippen molar-refractivity contribution in [3.05, 3.63) is 66.7 Å². The average Bonchev–Trinajstić information content (AvgIpc) is 3.37. The molecule has 1 spiro atoms. The van der Waals surface area contributed by atoms with E-state index in [0.29, 0.717) is 49.7 Å². The highest BCUT2D eigenvalue weighted by Gasteiger charge is 2.44. The van der Waals surface area contributed by atoms with Gasteiger partial charge in [0.15, 0.2) is 9.84 Å². The normalized spacial score (nSPS) is 20.6. The summed E-state index contributed by atoms with van der Waals surface area (Å²) in [5.41, 5.74) is -0.375. The van der Waals surface area contributed by atoms with Gasteiger partial charge in [-0.15, -0.1) is 0 Å². The van der Waals surface area contributed by atoms with E-state index in [0.717, 1.165) is 17.2 Å². The minimum absolute atomic E-state index is 0.00619. The fourth-order valence-electron chi connectivity index (χ4n) is 5.41. The van der Waals surface area contributed by atoms with Crippen molar-refractivity contribution in [2.24, 2.45) is 0 Å². The third kappa shape index (κ3) is 6.35. The molecule has 3 aromatic rings. The Hall–Kier alpha value is -2.54. The van der Waals surface area contributed by atoms with Crippen LogP contribution in [0.15, 0.2) is 76.5 Å². The lowest BCUT2D eigenvalue weighted by molar-refractivity contribution is -0.0312. The van der Waals surface area contributed by atoms with Gasteiger partial charge < -0.3 is 19.9 Å². The molecular weight excluding hydrogens is 552 g/mol. The van der Waals surface area contributed by atoms with Gasteiger partial charge in [-0.25, -0.2) is 16.8 Å². The number of sulfone groups is 1. The summed E-state index contributed by atoms with van der Waals surface area (Å²) in [5.74, 6) is 0.397. The molecule has 2 N–H and O–H groups in total. The molecular formula is C29H36N2O7S2. The Morgan fingerprint density at radius 1 is 1.00 bits per heavy atom. The first kappa shape index (κ1) is 29.0. The van der Waals surface area contributed by atoms with Crippen LogP contribution in [-0.2, 0) is 24.6 Å². The molecule has 2 aliphatic rings. The molecule has 40 heavy (non-hydrogen) atoms. The first-order valence-electron chi connectivity index (χ1n) is 13.6. The Balaban J connectivity index is 1.09. The Morgan fingerprint density at radius 2 is 1.75 bits per heavy atom. The maximum Gasteiger partial charge on any atom is 0.243 e. The number of hydrogen-bond acceptors (Lipinski definition) is 8. The van der Waals surface area contributed by atoms with E-state index >= 15 is 0 Å². The predicted molar refractivity (Wildman–Crippen MR) is 153 cm³/mol. The molecule has 3 aromatic carbocycles. The molecule has 0 aliphatic carbocycles. The Morgan fingerprint density at radius 3 is 2.50 bits per heavy atom. The number of nitrogens with zero attached hydrogens (tertiary/aromatic N) is 1. The van der Waals surface area contributed by atoms with Gasteiger partial charge in [-0.2, -0.15) is 4.31 Å². The van der Waals surface area contributed by atoms with E-state index in [1.54, 1.807) is 35.5 Å². The molecule has 2 unspecified atom stereocenters. The van der Waals surface area contributed by atoms with E-state index < -0.39 is 26.0 Å². The van der Waals surface area contributed by atoms with Gasteiger partial charge >= 0.3 is 0 Å². The molecule has 2 fully saturated rings. The molecule has 2 heterocycles. The maximum absolute atomic E-state index is 13.3. The Labute approximate surface area is 236 Å². The van der Waals surface area contributed by atoms with Crippen molar-refractivity contribution in [2.75, 3.05) is 38.6 Å². The first-order valence-corrected chi connectivity index (χ1v) is 16.7. The van der Waals surface area contributed by atoms with E-state index in [1.165, 1.54) is 12.1 Å². The highest BCUT2D eigenvalue weighted by molar-refractivity contribution is 7.91. The van der Waals surface area contributed by atoms with Crippen LogP contribution >= 0.6 is 0 Å². The Kier molecular flexibility index (Phi) is 8.51. The van der Waals surface area contributed by atoms with Crippen LogP contribution in [0.3, 0.4) is 0 Å². The molecule has 216 valence electrons. The molecule has 5 rings (SSSR count). The van der Waals surface area contributed by atoms with Crippen LogP contribution in [0.1, 0.15) is 26.2 Å². The molecule has 0 radical (unpaired) electrons. The van der Waals surface area contributed by atoms with E-state index in [1.807, 2.05) is 30.3 Å². The number of piperidine rings is 1. The van der Waals surface area contributed by atoms with Crippen LogP contribution in [0, 0.1) is 0 Å². The molecule has 2 atom stereocenters. The van der Waals surface area contributed by atoms with Crippen molar-refractivity contribution in [3.63, 3.8) is 0 Å². The van der Waals surface area contributed by atoms with Gasteiger partial charge in [0, 0.05) is 25.7 Å². The van der Waals surface area contributed by atoms with Gasteiger partial charge in [0.1, 0.15) is 18.5 Å². The van der Waals surface area contributed by atoms with Gasteiger partial charge in [-0.05, 0) is 60.4 Å².